The first-order valence-electron chi connectivity index (χ1n) is 11.3. The molecule has 6 atom stereocenters. The molecule has 1 fully saturated rings. The molecule has 6 nitrogen and oxygen atoms in total. The Kier molecular flexibility index (Phi) is 10.4. The molecule has 0 unspecified atom stereocenters. The van der Waals surface area contributed by atoms with Gasteiger partial charge in [0.25, 0.3) is 0 Å². The molecule has 2 rings (SSSR count). The van der Waals surface area contributed by atoms with Gasteiger partial charge in [0.05, 0.1) is 11.1 Å². The normalized spacial score (nSPS) is 31.9. The second kappa shape index (κ2) is 12.3. The zero-order chi connectivity index (χ0) is 23.9. The zero-order valence-electron chi connectivity index (χ0n) is 19.3. The second-order valence-electron chi connectivity index (χ2n) is 8.74. The lowest BCUT2D eigenvalue weighted by Crippen LogP contribution is -2.68. The second-order valence-corrected chi connectivity index (χ2v) is 9.61. The van der Waals surface area contributed by atoms with Crippen LogP contribution in [-0.4, -0.2) is 53.3 Å². The number of rotatable bonds is 10. The lowest BCUT2D eigenvalue weighted by Gasteiger charge is -2.49. The number of allylic oxidation sites excluding steroid dienone is 4. The minimum Gasteiger partial charge on any atom is -0.381 e. The summed E-state index contributed by atoms with van der Waals surface area (Å²) in [6.07, 6.45) is 11.0. The minimum absolute atomic E-state index is 0.172. The van der Waals surface area contributed by atoms with Crippen molar-refractivity contribution in [1.29, 1.82) is 0 Å². The first kappa shape index (κ1) is 27.1. The van der Waals surface area contributed by atoms with E-state index in [-0.39, 0.29) is 17.4 Å². The summed E-state index contributed by atoms with van der Waals surface area (Å²) in [6, 6.07) is -0.798. The molecule has 8 heteroatoms. The van der Waals surface area contributed by atoms with Crippen molar-refractivity contribution in [3.63, 3.8) is 0 Å². The van der Waals surface area contributed by atoms with E-state index in [1.54, 1.807) is 6.08 Å². The lowest BCUT2D eigenvalue weighted by molar-refractivity contribution is -0.242. The number of fused-ring (bicyclic) bond motifs is 1. The fraction of sp³-hybridized carbons (Fsp3) is 0.667. The number of ether oxygens (including phenoxy) is 2. The fourth-order valence-electron chi connectivity index (χ4n) is 4.17. The van der Waals surface area contributed by atoms with E-state index in [1.165, 1.54) is 44.9 Å². The molecule has 0 aromatic carbocycles. The molecule has 2 N–H and O–H groups in total. The quantitative estimate of drug-likeness (QED) is 0.206. The van der Waals surface area contributed by atoms with Crippen LogP contribution in [0.4, 0.5) is 0 Å². The summed E-state index contributed by atoms with van der Waals surface area (Å²) < 4.78 is 10.9. The molecule has 0 spiro atoms. The largest absolute Gasteiger partial charge is 0.381 e. The Hall–Kier alpha value is -1.18. The predicted molar refractivity (Wildman–Crippen MR) is 127 cm³/mol. The van der Waals surface area contributed by atoms with Gasteiger partial charge in [-0.15, -0.1) is 11.6 Å². The summed E-state index contributed by atoms with van der Waals surface area (Å²) in [4.78, 5) is 24.8. The Morgan fingerprint density at radius 2 is 2.12 bits per heavy atom. The number of ketones is 1. The summed E-state index contributed by atoms with van der Waals surface area (Å²) in [5.74, 6) is -0.476. The van der Waals surface area contributed by atoms with Crippen molar-refractivity contribution >= 4 is 34.9 Å². The molecule has 1 aliphatic carbocycles. The number of alkyl halides is 1. The molecular formula is C24H35Cl2NO5. The number of methoxy groups -OCH3 is 1. The highest BCUT2D eigenvalue weighted by molar-refractivity contribution is 6.49. The van der Waals surface area contributed by atoms with Crippen molar-refractivity contribution in [1.82, 2.24) is 5.32 Å². The van der Waals surface area contributed by atoms with Gasteiger partial charge in [-0.1, -0.05) is 68.9 Å². The van der Waals surface area contributed by atoms with Crippen LogP contribution in [0.15, 0.2) is 34.9 Å². The molecule has 0 saturated carbocycles. The summed E-state index contributed by atoms with van der Waals surface area (Å²) in [7, 11) is 1.45. The van der Waals surface area contributed by atoms with Crippen molar-refractivity contribution in [2.45, 2.75) is 88.7 Å². The van der Waals surface area contributed by atoms with Crippen LogP contribution in [0.1, 0.15) is 59.3 Å². The maximum atomic E-state index is 12.6. The van der Waals surface area contributed by atoms with E-state index >= 15 is 0 Å². The lowest BCUT2D eigenvalue weighted by atomic mass is 9.77. The molecule has 180 valence electrons. The smallest absolute Gasteiger partial charge is 0.244 e. The van der Waals surface area contributed by atoms with Crippen molar-refractivity contribution < 1.29 is 24.2 Å². The molecule has 32 heavy (non-hydrogen) atoms. The summed E-state index contributed by atoms with van der Waals surface area (Å²) in [6.45, 7) is 6.33. The van der Waals surface area contributed by atoms with Crippen molar-refractivity contribution in [3.05, 3.63) is 34.9 Å². The molecule has 1 amide bonds. The van der Waals surface area contributed by atoms with Gasteiger partial charge in [0.15, 0.2) is 12.1 Å². The Morgan fingerprint density at radius 1 is 1.41 bits per heavy atom. The first-order valence-corrected chi connectivity index (χ1v) is 12.1. The van der Waals surface area contributed by atoms with E-state index in [2.05, 4.69) is 25.2 Å². The van der Waals surface area contributed by atoms with Crippen LogP contribution >= 0.6 is 23.2 Å². The van der Waals surface area contributed by atoms with E-state index < -0.39 is 35.2 Å². The number of carbonyl (C=O) groups excluding carboxylic acids is 2. The van der Waals surface area contributed by atoms with Crippen LogP contribution in [0, 0.1) is 5.92 Å². The maximum Gasteiger partial charge on any atom is 0.244 e. The molecule has 0 aromatic heterocycles. The van der Waals surface area contributed by atoms with E-state index in [0.29, 0.717) is 5.92 Å². The predicted octanol–water partition coefficient (Wildman–Crippen LogP) is 4.39. The van der Waals surface area contributed by atoms with Gasteiger partial charge in [-0.2, -0.15) is 0 Å². The van der Waals surface area contributed by atoms with Gasteiger partial charge in [-0.3, -0.25) is 9.59 Å². The highest BCUT2D eigenvalue weighted by Gasteiger charge is 2.57. The Balaban J connectivity index is 2.05. The summed E-state index contributed by atoms with van der Waals surface area (Å²) >= 11 is 12.2. The molecule has 1 saturated heterocycles. The zero-order valence-corrected chi connectivity index (χ0v) is 20.8. The van der Waals surface area contributed by atoms with Crippen LogP contribution in [0.2, 0.25) is 0 Å². The topological polar surface area (TPSA) is 84.9 Å². The van der Waals surface area contributed by atoms with Crippen molar-refractivity contribution in [2.75, 3.05) is 7.11 Å². The number of unbranched alkanes of at least 4 members (excludes halogenated alkanes) is 3. The molecule has 0 radical (unpaired) electrons. The van der Waals surface area contributed by atoms with E-state index in [0.717, 1.165) is 12.0 Å². The van der Waals surface area contributed by atoms with Crippen molar-refractivity contribution in [2.24, 2.45) is 5.92 Å². The summed E-state index contributed by atoms with van der Waals surface area (Å²) in [5, 5.41) is 12.7. The average Bonchev–Trinajstić information content (AvgIpc) is 2.74. The summed E-state index contributed by atoms with van der Waals surface area (Å²) in [5.41, 5.74) is -0.734. The van der Waals surface area contributed by atoms with Gasteiger partial charge in [0, 0.05) is 19.6 Å². The van der Waals surface area contributed by atoms with Gasteiger partial charge >= 0.3 is 0 Å². The van der Waals surface area contributed by atoms with Crippen LogP contribution in [0.5, 0.6) is 0 Å². The minimum atomic E-state index is -1.73. The number of Topliss-reactive ketones (excluding diaryl/α,β-unsaturated/α-hetero) is 1. The van der Waals surface area contributed by atoms with Crippen LogP contribution < -0.4 is 5.32 Å². The SMILES string of the molecule is CCCCCC[C@@H](C)/C=C(C)/C=C/C(=O)N[C@@H]1C[C@@H](OC)O[C@@H]2[C@H](Cl)C(=O)C(Cl)=C[C@@]21O. The van der Waals surface area contributed by atoms with Gasteiger partial charge in [-0.05, 0) is 25.3 Å². The highest BCUT2D eigenvalue weighted by atomic mass is 35.5. The fourth-order valence-corrected chi connectivity index (χ4v) is 4.90. The van der Waals surface area contributed by atoms with Gasteiger partial charge in [0.2, 0.25) is 5.91 Å². The van der Waals surface area contributed by atoms with Crippen molar-refractivity contribution in [3.8, 4) is 0 Å². The monoisotopic (exact) mass is 487 g/mol. The molecule has 0 aromatic rings. The number of aliphatic hydroxyl groups is 1. The van der Waals surface area contributed by atoms with E-state index in [4.69, 9.17) is 32.7 Å². The third kappa shape index (κ3) is 6.91. The number of hydrogen-bond donors (Lipinski definition) is 2. The standard InChI is InChI=1S/C24H35Cl2NO5/c1-5-6-7-8-9-15(2)12-16(3)10-11-19(28)27-18-13-20(31-4)32-23-21(26)22(29)17(25)14-24(18,23)30/h10-12,14-15,18,20-21,23,30H,5-9,13H2,1-4H3,(H,27,28)/b11-10+,16-12+/t15-,18-,20+,21-,23-,24+/m1/s1. The Bertz CT molecular complexity index is 765. The molecule has 1 aliphatic heterocycles. The number of amides is 1. The number of hydrogen-bond acceptors (Lipinski definition) is 5. The number of nitrogens with one attached hydrogen (secondary N) is 1. The average molecular weight is 488 g/mol. The van der Waals surface area contributed by atoms with E-state index in [1.807, 2.05) is 6.92 Å². The van der Waals surface area contributed by atoms with Crippen LogP contribution in [0.3, 0.4) is 0 Å². The first-order chi connectivity index (χ1) is 15.1. The third-order valence-corrected chi connectivity index (χ3v) is 6.71. The molecule has 2 aliphatic rings. The van der Waals surface area contributed by atoms with E-state index in [9.17, 15) is 14.7 Å². The van der Waals surface area contributed by atoms with Gasteiger partial charge in [0.1, 0.15) is 17.1 Å². The van der Waals surface area contributed by atoms with Crippen LogP contribution in [-0.2, 0) is 19.1 Å². The third-order valence-electron chi connectivity index (χ3n) is 5.99. The van der Waals surface area contributed by atoms with Gasteiger partial charge < -0.3 is 19.9 Å². The Labute approximate surface area is 201 Å². The van der Waals surface area contributed by atoms with Gasteiger partial charge in [-0.25, -0.2) is 0 Å². The molecule has 1 heterocycles. The highest BCUT2D eigenvalue weighted by Crippen LogP contribution is 2.40. The van der Waals surface area contributed by atoms with Crippen LogP contribution in [0.25, 0.3) is 0 Å². The number of carbonyl (C=O) groups is 2. The molecular weight excluding hydrogens is 453 g/mol. The Morgan fingerprint density at radius 3 is 2.78 bits per heavy atom. The molecule has 0 bridgehead atoms. The maximum absolute atomic E-state index is 12.6. The number of halogens is 2.